The maximum absolute atomic E-state index is 13.7. The summed E-state index contributed by atoms with van der Waals surface area (Å²) in [4.78, 5) is 49.4. The van der Waals surface area contributed by atoms with Crippen molar-refractivity contribution in [2.45, 2.75) is 25.6 Å². The number of ketones is 1. The van der Waals surface area contributed by atoms with Crippen LogP contribution in [0.2, 0.25) is 0 Å². The van der Waals surface area contributed by atoms with Crippen molar-refractivity contribution in [3.05, 3.63) is 48.3 Å². The molecule has 1 heterocycles. The van der Waals surface area contributed by atoms with E-state index in [1.807, 2.05) is 4.90 Å². The van der Waals surface area contributed by atoms with Crippen LogP contribution in [0.25, 0.3) is 0 Å². The quantitative estimate of drug-likeness (QED) is 0.225. The molecule has 1 saturated heterocycles. The topological polar surface area (TPSA) is 108 Å². The highest BCUT2D eigenvalue weighted by atomic mass is 19.4. The average molecular weight is 519 g/mol. The predicted molar refractivity (Wildman–Crippen MR) is 123 cm³/mol. The average Bonchev–Trinajstić information content (AvgIpc) is 2.84. The van der Waals surface area contributed by atoms with Gasteiger partial charge in [0.1, 0.15) is 19.0 Å². The smallest absolute Gasteiger partial charge is 0.410 e. The minimum Gasteiger partial charge on any atom is -0.445 e. The predicted octanol–water partition coefficient (Wildman–Crippen LogP) is 2.14. The molecule has 0 aliphatic carbocycles. The summed E-state index contributed by atoms with van der Waals surface area (Å²) in [6.07, 6.45) is -3.18. The number of piperazine rings is 1. The molecule has 0 unspecified atom stereocenters. The lowest BCUT2D eigenvalue weighted by Crippen LogP contribution is -2.61. The van der Waals surface area contributed by atoms with Gasteiger partial charge >= 0.3 is 12.3 Å². The van der Waals surface area contributed by atoms with Crippen LogP contribution >= 0.6 is 0 Å². The van der Waals surface area contributed by atoms with Crippen molar-refractivity contribution in [3.8, 4) is 0 Å². The number of carbonyl (C=O) groups excluding carboxylic acids is 4. The molecule has 0 aromatic heterocycles. The van der Waals surface area contributed by atoms with Gasteiger partial charge in [-0.2, -0.15) is 13.2 Å². The molecule has 9 nitrogen and oxygen atoms in total. The first-order chi connectivity index (χ1) is 16.8. The van der Waals surface area contributed by atoms with Crippen LogP contribution in [0.5, 0.6) is 0 Å². The first kappa shape index (κ1) is 30.6. The fraction of sp³-hybridized carbons (Fsp3) is 0.478. The van der Waals surface area contributed by atoms with Crippen LogP contribution in [-0.4, -0.2) is 91.6 Å². The number of nitrogens with zero attached hydrogens (tertiary/aromatic N) is 2. The second-order valence-corrected chi connectivity index (χ2v) is 8.10. The van der Waals surface area contributed by atoms with E-state index in [9.17, 15) is 36.7 Å². The van der Waals surface area contributed by atoms with Crippen LogP contribution in [-0.2, 0) is 14.3 Å². The Morgan fingerprint density at radius 3 is 2.22 bits per heavy atom. The van der Waals surface area contributed by atoms with E-state index in [4.69, 9.17) is 4.74 Å². The van der Waals surface area contributed by atoms with Gasteiger partial charge in [0, 0.05) is 26.2 Å². The Kier molecular flexibility index (Phi) is 12.0. The van der Waals surface area contributed by atoms with E-state index < -0.39 is 36.0 Å². The minimum atomic E-state index is -4.29. The minimum absolute atomic E-state index is 0.00743. The Hall–Kier alpha value is -3.48. The Morgan fingerprint density at radius 2 is 1.72 bits per heavy atom. The Bertz CT molecular complexity index is 916. The van der Waals surface area contributed by atoms with E-state index in [0.29, 0.717) is 26.2 Å². The normalized spacial score (nSPS) is 14.1. The second kappa shape index (κ2) is 14.2. The zero-order chi connectivity index (χ0) is 27.4. The fourth-order valence-corrected chi connectivity index (χ4v) is 3.13. The van der Waals surface area contributed by atoms with E-state index in [0.717, 1.165) is 0 Å². The summed E-state index contributed by atoms with van der Waals surface area (Å²) in [6.45, 7) is 7.47. The zero-order valence-electron chi connectivity index (χ0n) is 20.1. The van der Waals surface area contributed by atoms with E-state index in [2.05, 4.69) is 11.9 Å². The summed E-state index contributed by atoms with van der Waals surface area (Å²) in [5.74, 6) is -1.43. The molecule has 13 heteroatoms. The lowest BCUT2D eigenvalue weighted by atomic mass is 10.00. The molecule has 0 spiro atoms. The SMILES string of the molecule is C=CCOC(=O)N1CCN(C(C)(C)C(=O)NCC(=O)c2ccccc2F)CC1.O=CNCC(F)(F)F. The first-order valence-corrected chi connectivity index (χ1v) is 10.9. The number of rotatable bonds is 9. The van der Waals surface area contributed by atoms with Gasteiger partial charge in [-0.15, -0.1) is 0 Å². The van der Waals surface area contributed by atoms with Gasteiger partial charge in [0.15, 0.2) is 5.78 Å². The molecule has 1 aromatic carbocycles. The van der Waals surface area contributed by atoms with Crippen LogP contribution in [0.3, 0.4) is 0 Å². The molecule has 1 aliphatic heterocycles. The van der Waals surface area contributed by atoms with Crippen LogP contribution in [0.4, 0.5) is 22.4 Å². The number of carbonyl (C=O) groups is 4. The van der Waals surface area contributed by atoms with Gasteiger partial charge in [0.2, 0.25) is 12.3 Å². The van der Waals surface area contributed by atoms with Gasteiger partial charge in [-0.1, -0.05) is 24.8 Å². The lowest BCUT2D eigenvalue weighted by Gasteiger charge is -2.42. The molecule has 1 aromatic rings. The summed E-state index contributed by atoms with van der Waals surface area (Å²) in [6, 6.07) is 5.67. The molecule has 0 bridgehead atoms. The summed E-state index contributed by atoms with van der Waals surface area (Å²) in [5, 5.41) is 4.08. The standard InChI is InChI=1S/C20H26FN3O4.C3H4F3NO/c1-4-13-28-19(27)23-9-11-24(12-10-23)20(2,3)18(26)22-14-17(25)15-7-5-6-8-16(15)21;4-3(5,6)1-7-2-8/h4-8H,1,9-14H2,2-3H3,(H,22,26);2H,1H2,(H,7,8). The van der Waals surface area contributed by atoms with Crippen LogP contribution < -0.4 is 10.6 Å². The first-order valence-electron chi connectivity index (χ1n) is 10.9. The van der Waals surface area contributed by atoms with Gasteiger partial charge in [0.05, 0.1) is 17.6 Å². The molecular weight excluding hydrogens is 488 g/mol. The number of alkyl halides is 3. The Labute approximate surface area is 206 Å². The van der Waals surface area contributed by atoms with Crippen molar-refractivity contribution in [3.63, 3.8) is 0 Å². The molecule has 0 radical (unpaired) electrons. The largest absolute Gasteiger partial charge is 0.445 e. The van der Waals surface area contributed by atoms with Gasteiger partial charge in [-0.3, -0.25) is 19.3 Å². The van der Waals surface area contributed by atoms with E-state index in [-0.39, 0.29) is 31.0 Å². The summed E-state index contributed by atoms with van der Waals surface area (Å²) in [5.41, 5.74) is -0.931. The van der Waals surface area contributed by atoms with Gasteiger partial charge in [-0.25, -0.2) is 9.18 Å². The lowest BCUT2D eigenvalue weighted by molar-refractivity contribution is -0.132. The summed E-state index contributed by atoms with van der Waals surface area (Å²) >= 11 is 0. The number of halogens is 4. The number of Topliss-reactive ketones (excluding diaryl/α,β-unsaturated/α-hetero) is 1. The van der Waals surface area contributed by atoms with E-state index >= 15 is 0 Å². The highest BCUT2D eigenvalue weighted by Crippen LogP contribution is 2.18. The highest BCUT2D eigenvalue weighted by Gasteiger charge is 2.37. The summed E-state index contributed by atoms with van der Waals surface area (Å²) < 4.78 is 51.8. The second-order valence-electron chi connectivity index (χ2n) is 8.10. The molecule has 0 saturated carbocycles. The van der Waals surface area contributed by atoms with Crippen molar-refractivity contribution >= 4 is 24.2 Å². The number of hydrogen-bond acceptors (Lipinski definition) is 6. The van der Waals surface area contributed by atoms with Gasteiger partial charge < -0.3 is 20.3 Å². The van der Waals surface area contributed by atoms with E-state index in [1.165, 1.54) is 29.6 Å². The van der Waals surface area contributed by atoms with Crippen LogP contribution in [0, 0.1) is 5.82 Å². The number of ether oxygens (including phenoxy) is 1. The van der Waals surface area contributed by atoms with Crippen molar-refractivity contribution in [2.75, 3.05) is 45.9 Å². The molecule has 2 rings (SSSR count). The third kappa shape index (κ3) is 10.0. The van der Waals surface area contributed by atoms with Crippen molar-refractivity contribution in [2.24, 2.45) is 0 Å². The molecule has 200 valence electrons. The van der Waals surface area contributed by atoms with Crippen LogP contribution in [0.15, 0.2) is 36.9 Å². The molecule has 1 fully saturated rings. The van der Waals surface area contributed by atoms with Gasteiger partial charge in [0.25, 0.3) is 0 Å². The third-order valence-corrected chi connectivity index (χ3v) is 5.18. The number of nitrogens with one attached hydrogen (secondary N) is 2. The van der Waals surface area contributed by atoms with E-state index in [1.54, 1.807) is 24.8 Å². The molecule has 3 amide bonds. The highest BCUT2D eigenvalue weighted by molar-refractivity contribution is 6.00. The number of benzene rings is 1. The maximum Gasteiger partial charge on any atom is 0.410 e. The van der Waals surface area contributed by atoms with Gasteiger partial charge in [-0.05, 0) is 26.0 Å². The molecule has 36 heavy (non-hydrogen) atoms. The Morgan fingerprint density at radius 1 is 1.11 bits per heavy atom. The summed E-state index contributed by atoms with van der Waals surface area (Å²) in [7, 11) is 0. The molecule has 1 aliphatic rings. The molecule has 2 N–H and O–H groups in total. The zero-order valence-corrected chi connectivity index (χ0v) is 20.1. The molecular formula is C23H30F4N4O5. The van der Waals surface area contributed by atoms with Crippen LogP contribution in [0.1, 0.15) is 24.2 Å². The number of hydrogen-bond donors (Lipinski definition) is 2. The van der Waals surface area contributed by atoms with Crippen molar-refractivity contribution in [1.82, 2.24) is 20.4 Å². The maximum atomic E-state index is 13.7. The van der Waals surface area contributed by atoms with Crippen molar-refractivity contribution < 1.29 is 41.5 Å². The molecule has 0 atom stereocenters. The third-order valence-electron chi connectivity index (χ3n) is 5.18. The Balaban J connectivity index is 0.000000697. The fourth-order valence-electron chi connectivity index (χ4n) is 3.13. The van der Waals surface area contributed by atoms with Crippen molar-refractivity contribution in [1.29, 1.82) is 0 Å². The monoisotopic (exact) mass is 518 g/mol. The number of amides is 3.